The highest BCUT2D eigenvalue weighted by Gasteiger charge is 2.27. The van der Waals surface area contributed by atoms with Gasteiger partial charge in [0, 0.05) is 26.7 Å². The molecule has 0 radical (unpaired) electrons. The summed E-state index contributed by atoms with van der Waals surface area (Å²) in [7, 11) is 1.73. The van der Waals surface area contributed by atoms with Gasteiger partial charge in [0.25, 0.3) is 0 Å². The maximum absolute atomic E-state index is 13.2. The number of carbonyl (C=O) groups excluding carboxylic acids is 1. The van der Waals surface area contributed by atoms with Gasteiger partial charge in [0.05, 0.1) is 12.5 Å². The Bertz CT molecular complexity index is 555. The van der Waals surface area contributed by atoms with E-state index in [1.807, 2.05) is 13.0 Å². The van der Waals surface area contributed by atoms with Gasteiger partial charge < -0.3 is 15.0 Å². The van der Waals surface area contributed by atoms with E-state index in [0.29, 0.717) is 13.2 Å². The molecule has 0 spiro atoms. The van der Waals surface area contributed by atoms with E-state index in [0.717, 1.165) is 37.5 Å². The van der Waals surface area contributed by atoms with Crippen molar-refractivity contribution in [3.05, 3.63) is 35.6 Å². The second kappa shape index (κ2) is 8.50. The van der Waals surface area contributed by atoms with E-state index in [1.54, 1.807) is 13.1 Å². The van der Waals surface area contributed by atoms with Crippen LogP contribution in [0.3, 0.4) is 0 Å². The fourth-order valence-corrected chi connectivity index (χ4v) is 2.75. The van der Waals surface area contributed by atoms with E-state index >= 15 is 0 Å². The van der Waals surface area contributed by atoms with Crippen LogP contribution in [0.15, 0.2) is 29.3 Å². The molecule has 0 aromatic heterocycles. The Morgan fingerprint density at radius 3 is 2.78 bits per heavy atom. The number of ether oxygens (including phenoxy) is 1. The topological polar surface area (TPSA) is 53.9 Å². The number of hydrogen-bond acceptors (Lipinski definition) is 3. The third-order valence-corrected chi connectivity index (χ3v) is 3.97. The molecule has 1 aliphatic heterocycles. The monoisotopic (exact) mass is 321 g/mol. The Labute approximate surface area is 136 Å². The highest BCUT2D eigenvalue weighted by molar-refractivity contribution is 5.80. The van der Waals surface area contributed by atoms with Crippen LogP contribution in [-0.2, 0) is 16.1 Å². The van der Waals surface area contributed by atoms with E-state index in [4.69, 9.17) is 4.74 Å². The molecule has 1 heterocycles. The molecule has 1 saturated heterocycles. The fourth-order valence-electron chi connectivity index (χ4n) is 2.75. The zero-order valence-electron chi connectivity index (χ0n) is 13.7. The minimum absolute atomic E-state index is 0.0208. The molecular weight excluding hydrogens is 297 g/mol. The van der Waals surface area contributed by atoms with Crippen molar-refractivity contribution in [3.8, 4) is 0 Å². The van der Waals surface area contributed by atoms with Crippen molar-refractivity contribution in [2.45, 2.75) is 26.3 Å². The molecule has 0 aliphatic carbocycles. The van der Waals surface area contributed by atoms with Gasteiger partial charge in [0.15, 0.2) is 5.96 Å². The summed E-state index contributed by atoms with van der Waals surface area (Å²) in [6, 6.07) is 6.50. The molecule has 0 saturated carbocycles. The van der Waals surface area contributed by atoms with Gasteiger partial charge in [-0.05, 0) is 37.5 Å². The lowest BCUT2D eigenvalue weighted by Crippen LogP contribution is -2.46. The molecule has 1 fully saturated rings. The van der Waals surface area contributed by atoms with Crippen LogP contribution >= 0.6 is 0 Å². The predicted molar refractivity (Wildman–Crippen MR) is 87.5 cm³/mol. The number of hydrogen-bond donors (Lipinski definition) is 1. The highest BCUT2D eigenvalue weighted by Crippen LogP contribution is 2.18. The Morgan fingerprint density at radius 2 is 2.17 bits per heavy atom. The van der Waals surface area contributed by atoms with E-state index in [9.17, 15) is 9.18 Å². The van der Waals surface area contributed by atoms with Crippen molar-refractivity contribution in [1.82, 2.24) is 10.2 Å². The Kier molecular flexibility index (Phi) is 6.38. The summed E-state index contributed by atoms with van der Waals surface area (Å²) in [6.07, 6.45) is 1.53. The van der Waals surface area contributed by atoms with Crippen molar-refractivity contribution in [3.63, 3.8) is 0 Å². The van der Waals surface area contributed by atoms with Gasteiger partial charge in [-0.3, -0.25) is 9.79 Å². The van der Waals surface area contributed by atoms with Crippen LogP contribution in [-0.4, -0.2) is 43.6 Å². The van der Waals surface area contributed by atoms with Crippen molar-refractivity contribution >= 4 is 11.9 Å². The second-order valence-electron chi connectivity index (χ2n) is 5.54. The van der Waals surface area contributed by atoms with Gasteiger partial charge >= 0.3 is 5.97 Å². The predicted octanol–water partition coefficient (Wildman–Crippen LogP) is 2.18. The fraction of sp³-hybridized carbons (Fsp3) is 0.529. The Hall–Kier alpha value is -2.11. The van der Waals surface area contributed by atoms with Crippen LogP contribution in [0.25, 0.3) is 0 Å². The number of halogens is 1. The number of carbonyl (C=O) groups is 1. The first-order valence-corrected chi connectivity index (χ1v) is 8.00. The number of likely N-dealkylation sites (tertiary alicyclic amines) is 1. The first kappa shape index (κ1) is 17.2. The van der Waals surface area contributed by atoms with Gasteiger partial charge in [0.2, 0.25) is 0 Å². The van der Waals surface area contributed by atoms with Crippen molar-refractivity contribution in [2.75, 3.05) is 26.7 Å². The highest BCUT2D eigenvalue weighted by atomic mass is 19.1. The quantitative estimate of drug-likeness (QED) is 0.525. The lowest BCUT2D eigenvalue weighted by atomic mass is 9.97. The smallest absolute Gasteiger partial charge is 0.309 e. The van der Waals surface area contributed by atoms with Crippen molar-refractivity contribution < 1.29 is 13.9 Å². The molecule has 0 atom stereocenters. The van der Waals surface area contributed by atoms with Crippen LogP contribution in [0.5, 0.6) is 0 Å². The van der Waals surface area contributed by atoms with Crippen LogP contribution < -0.4 is 5.32 Å². The third-order valence-electron chi connectivity index (χ3n) is 3.97. The van der Waals surface area contributed by atoms with Crippen LogP contribution in [0.2, 0.25) is 0 Å². The lowest BCUT2D eigenvalue weighted by molar-refractivity contribution is -0.149. The van der Waals surface area contributed by atoms with Crippen LogP contribution in [0.1, 0.15) is 25.3 Å². The van der Waals surface area contributed by atoms with Gasteiger partial charge in [-0.1, -0.05) is 12.1 Å². The maximum atomic E-state index is 13.2. The molecule has 0 bridgehead atoms. The number of rotatable bonds is 4. The molecule has 0 amide bonds. The van der Waals surface area contributed by atoms with Gasteiger partial charge in [-0.2, -0.15) is 0 Å². The number of benzene rings is 1. The Morgan fingerprint density at radius 1 is 1.43 bits per heavy atom. The average molecular weight is 321 g/mol. The molecule has 1 aromatic rings. The van der Waals surface area contributed by atoms with Gasteiger partial charge in [0.1, 0.15) is 5.82 Å². The lowest BCUT2D eigenvalue weighted by Gasteiger charge is -2.33. The zero-order valence-corrected chi connectivity index (χ0v) is 13.7. The van der Waals surface area contributed by atoms with E-state index in [-0.39, 0.29) is 17.7 Å². The van der Waals surface area contributed by atoms with Crippen LogP contribution in [0, 0.1) is 11.7 Å². The zero-order chi connectivity index (χ0) is 16.7. The standard InChI is InChI=1S/C17H24FN3O2/c1-3-23-16(22)14-7-9-21(10-8-14)17(19-2)20-12-13-5-4-6-15(18)11-13/h4-6,11,14H,3,7-10,12H2,1-2H3,(H,19,20). The molecular formula is C17H24FN3O2. The summed E-state index contributed by atoms with van der Waals surface area (Å²) < 4.78 is 18.3. The van der Waals surface area contributed by atoms with Gasteiger partial charge in [-0.25, -0.2) is 4.39 Å². The number of piperidine rings is 1. The molecule has 0 unspecified atom stereocenters. The summed E-state index contributed by atoms with van der Waals surface area (Å²) >= 11 is 0. The average Bonchev–Trinajstić information content (AvgIpc) is 2.56. The number of aliphatic imine (C=N–C) groups is 1. The maximum Gasteiger partial charge on any atom is 0.309 e. The normalized spacial score (nSPS) is 16.3. The number of esters is 1. The van der Waals surface area contributed by atoms with Crippen molar-refractivity contribution in [1.29, 1.82) is 0 Å². The summed E-state index contributed by atoms with van der Waals surface area (Å²) in [4.78, 5) is 18.2. The van der Waals surface area contributed by atoms with Gasteiger partial charge in [-0.15, -0.1) is 0 Å². The third kappa shape index (κ3) is 4.94. The molecule has 5 nitrogen and oxygen atoms in total. The molecule has 1 aliphatic rings. The summed E-state index contributed by atoms with van der Waals surface area (Å²) in [5.41, 5.74) is 0.868. The molecule has 23 heavy (non-hydrogen) atoms. The first-order valence-electron chi connectivity index (χ1n) is 8.00. The Balaban J connectivity index is 1.84. The number of guanidine groups is 1. The minimum Gasteiger partial charge on any atom is -0.466 e. The summed E-state index contributed by atoms with van der Waals surface area (Å²) in [5.74, 6) is 0.411. The van der Waals surface area contributed by atoms with Crippen molar-refractivity contribution in [2.24, 2.45) is 10.9 Å². The molecule has 1 aromatic carbocycles. The van der Waals surface area contributed by atoms with Crippen LogP contribution in [0.4, 0.5) is 4.39 Å². The van der Waals surface area contributed by atoms with E-state index in [2.05, 4.69) is 15.2 Å². The molecule has 6 heteroatoms. The molecule has 126 valence electrons. The molecule has 2 rings (SSSR count). The van der Waals surface area contributed by atoms with E-state index < -0.39 is 0 Å². The summed E-state index contributed by atoms with van der Waals surface area (Å²) in [6.45, 7) is 4.28. The molecule has 1 N–H and O–H groups in total. The number of nitrogens with zero attached hydrogens (tertiary/aromatic N) is 2. The first-order chi connectivity index (χ1) is 11.1. The minimum atomic E-state index is -0.241. The SMILES string of the molecule is CCOC(=O)C1CCN(C(=NC)NCc2cccc(F)c2)CC1. The largest absolute Gasteiger partial charge is 0.466 e. The summed E-state index contributed by atoms with van der Waals surface area (Å²) in [5, 5.41) is 3.24. The number of nitrogens with one attached hydrogen (secondary N) is 1. The second-order valence-corrected chi connectivity index (χ2v) is 5.54. The van der Waals surface area contributed by atoms with E-state index in [1.165, 1.54) is 12.1 Å².